The van der Waals surface area contributed by atoms with Gasteiger partial charge in [0, 0.05) is 6.42 Å². The quantitative estimate of drug-likeness (QED) is 0.459. The molecule has 0 aromatic carbocycles. The smallest absolute Gasteiger partial charge is 0.122 e. The van der Waals surface area contributed by atoms with Crippen LogP contribution in [-0.4, -0.2) is 17.0 Å². The minimum Gasteiger partial charge on any atom is -0.390 e. The summed E-state index contributed by atoms with van der Waals surface area (Å²) in [4.78, 5) is 10.2. The second kappa shape index (κ2) is 7.98. The zero-order chi connectivity index (χ0) is 10.9. The van der Waals surface area contributed by atoms with Crippen molar-refractivity contribution >= 4 is 6.29 Å². The van der Waals surface area contributed by atoms with Crippen molar-refractivity contribution in [2.75, 3.05) is 0 Å². The lowest BCUT2D eigenvalue weighted by Crippen LogP contribution is -2.24. The molecular weight excluding hydrogens is 176 g/mol. The molecule has 1 N–H and O–H groups in total. The lowest BCUT2D eigenvalue weighted by Gasteiger charge is -2.19. The minimum absolute atomic E-state index is 0.266. The van der Waals surface area contributed by atoms with Gasteiger partial charge in [0.1, 0.15) is 6.29 Å². The maximum absolute atomic E-state index is 10.2. The molecular formula is C12H24O2. The molecule has 0 aliphatic rings. The molecule has 0 fully saturated rings. The van der Waals surface area contributed by atoms with Crippen LogP contribution in [0.3, 0.4) is 0 Å². The second-order valence-electron chi connectivity index (χ2n) is 4.39. The molecule has 0 amide bonds. The van der Waals surface area contributed by atoms with E-state index < -0.39 is 5.60 Å². The third-order valence-electron chi connectivity index (χ3n) is 2.59. The summed E-state index contributed by atoms with van der Waals surface area (Å²) in [5, 5.41) is 9.69. The van der Waals surface area contributed by atoms with E-state index in [2.05, 4.69) is 6.92 Å². The van der Waals surface area contributed by atoms with Crippen LogP contribution in [-0.2, 0) is 4.79 Å². The van der Waals surface area contributed by atoms with Crippen molar-refractivity contribution in [3.05, 3.63) is 0 Å². The van der Waals surface area contributed by atoms with Crippen LogP contribution in [0.15, 0.2) is 0 Å². The first kappa shape index (κ1) is 13.6. The number of hydrogen-bond donors (Lipinski definition) is 1. The van der Waals surface area contributed by atoms with E-state index in [1.54, 1.807) is 6.92 Å². The van der Waals surface area contributed by atoms with E-state index in [0.29, 0.717) is 0 Å². The average molecular weight is 200 g/mol. The van der Waals surface area contributed by atoms with Gasteiger partial charge in [-0.1, -0.05) is 45.4 Å². The molecule has 0 heterocycles. The van der Waals surface area contributed by atoms with Gasteiger partial charge in [-0.15, -0.1) is 0 Å². The van der Waals surface area contributed by atoms with E-state index in [1.807, 2.05) is 0 Å². The zero-order valence-electron chi connectivity index (χ0n) is 9.59. The summed E-state index contributed by atoms with van der Waals surface area (Å²) in [5.74, 6) is 0. The summed E-state index contributed by atoms with van der Waals surface area (Å²) in [7, 11) is 0. The highest BCUT2D eigenvalue weighted by Gasteiger charge is 2.18. The van der Waals surface area contributed by atoms with Crippen LogP contribution in [0.25, 0.3) is 0 Å². The van der Waals surface area contributed by atoms with Crippen molar-refractivity contribution in [1.82, 2.24) is 0 Å². The topological polar surface area (TPSA) is 37.3 Å². The van der Waals surface area contributed by atoms with Crippen LogP contribution in [0.5, 0.6) is 0 Å². The third kappa shape index (κ3) is 8.24. The van der Waals surface area contributed by atoms with Crippen LogP contribution in [0, 0.1) is 0 Å². The first-order valence-electron chi connectivity index (χ1n) is 5.78. The van der Waals surface area contributed by atoms with E-state index >= 15 is 0 Å². The van der Waals surface area contributed by atoms with Crippen molar-refractivity contribution in [1.29, 1.82) is 0 Å². The molecule has 0 aromatic rings. The molecule has 0 aliphatic heterocycles. The van der Waals surface area contributed by atoms with E-state index in [-0.39, 0.29) is 6.42 Å². The van der Waals surface area contributed by atoms with Crippen LogP contribution in [0.1, 0.15) is 65.2 Å². The SMILES string of the molecule is CCCCCCCCC(C)(O)CC=O. The summed E-state index contributed by atoms with van der Waals surface area (Å²) in [6.45, 7) is 3.95. The summed E-state index contributed by atoms with van der Waals surface area (Å²) in [5.41, 5.74) is -0.771. The van der Waals surface area contributed by atoms with Gasteiger partial charge in [0.15, 0.2) is 0 Å². The van der Waals surface area contributed by atoms with Crippen LogP contribution in [0.4, 0.5) is 0 Å². The Morgan fingerprint density at radius 2 is 1.71 bits per heavy atom. The zero-order valence-corrected chi connectivity index (χ0v) is 9.59. The van der Waals surface area contributed by atoms with E-state index in [1.165, 1.54) is 32.1 Å². The van der Waals surface area contributed by atoms with Gasteiger partial charge in [-0.3, -0.25) is 0 Å². The van der Waals surface area contributed by atoms with Gasteiger partial charge in [-0.25, -0.2) is 0 Å². The van der Waals surface area contributed by atoms with Crippen molar-refractivity contribution in [2.24, 2.45) is 0 Å². The van der Waals surface area contributed by atoms with Gasteiger partial charge in [-0.05, 0) is 13.3 Å². The molecule has 2 heteroatoms. The van der Waals surface area contributed by atoms with E-state index in [0.717, 1.165) is 19.1 Å². The molecule has 84 valence electrons. The standard InChI is InChI=1S/C12H24O2/c1-3-4-5-6-7-8-9-12(2,14)10-11-13/h11,14H,3-10H2,1-2H3. The Labute approximate surface area is 87.7 Å². The predicted octanol–water partition coefficient (Wildman–Crippen LogP) is 3.08. The van der Waals surface area contributed by atoms with Crippen LogP contribution >= 0.6 is 0 Å². The number of hydrogen-bond acceptors (Lipinski definition) is 2. The highest BCUT2D eigenvalue weighted by Crippen LogP contribution is 2.18. The highest BCUT2D eigenvalue weighted by atomic mass is 16.3. The van der Waals surface area contributed by atoms with Gasteiger partial charge in [0.2, 0.25) is 0 Å². The number of rotatable bonds is 9. The maximum Gasteiger partial charge on any atom is 0.122 e. The number of carbonyl (C=O) groups is 1. The monoisotopic (exact) mass is 200 g/mol. The minimum atomic E-state index is -0.771. The van der Waals surface area contributed by atoms with Crippen molar-refractivity contribution in [2.45, 2.75) is 70.8 Å². The van der Waals surface area contributed by atoms with Crippen molar-refractivity contribution in [3.63, 3.8) is 0 Å². The molecule has 1 atom stereocenters. The second-order valence-corrected chi connectivity index (χ2v) is 4.39. The lowest BCUT2D eigenvalue weighted by molar-refractivity contribution is -0.112. The van der Waals surface area contributed by atoms with Crippen molar-refractivity contribution < 1.29 is 9.90 Å². The third-order valence-corrected chi connectivity index (χ3v) is 2.59. The molecule has 1 unspecified atom stereocenters. The van der Waals surface area contributed by atoms with Gasteiger partial charge < -0.3 is 9.90 Å². The average Bonchev–Trinajstić information content (AvgIpc) is 2.11. The molecule has 14 heavy (non-hydrogen) atoms. The Morgan fingerprint density at radius 3 is 2.29 bits per heavy atom. The molecule has 0 spiro atoms. The lowest BCUT2D eigenvalue weighted by atomic mass is 9.95. The van der Waals surface area contributed by atoms with Gasteiger partial charge in [0.25, 0.3) is 0 Å². The fourth-order valence-electron chi connectivity index (χ4n) is 1.57. The first-order chi connectivity index (χ1) is 6.62. The summed E-state index contributed by atoms with van der Waals surface area (Å²) in [6.07, 6.45) is 9.15. The molecule has 0 rings (SSSR count). The van der Waals surface area contributed by atoms with Gasteiger partial charge in [0.05, 0.1) is 5.60 Å². The summed E-state index contributed by atoms with van der Waals surface area (Å²) < 4.78 is 0. The molecule has 0 radical (unpaired) electrons. The van der Waals surface area contributed by atoms with Gasteiger partial charge >= 0.3 is 0 Å². The fraction of sp³-hybridized carbons (Fsp3) is 0.917. The number of aldehydes is 1. The Morgan fingerprint density at radius 1 is 1.14 bits per heavy atom. The molecule has 0 bridgehead atoms. The van der Waals surface area contributed by atoms with Gasteiger partial charge in [-0.2, -0.15) is 0 Å². The molecule has 0 saturated carbocycles. The Kier molecular flexibility index (Phi) is 7.77. The largest absolute Gasteiger partial charge is 0.390 e. The highest BCUT2D eigenvalue weighted by molar-refractivity contribution is 5.51. The normalized spacial score (nSPS) is 15.1. The van der Waals surface area contributed by atoms with Crippen molar-refractivity contribution in [3.8, 4) is 0 Å². The first-order valence-corrected chi connectivity index (χ1v) is 5.78. The summed E-state index contributed by atoms with van der Waals surface area (Å²) in [6, 6.07) is 0. The fourth-order valence-corrected chi connectivity index (χ4v) is 1.57. The molecule has 2 nitrogen and oxygen atoms in total. The Hall–Kier alpha value is -0.370. The molecule has 0 saturated heterocycles. The van der Waals surface area contributed by atoms with Crippen LogP contribution < -0.4 is 0 Å². The van der Waals surface area contributed by atoms with E-state index in [4.69, 9.17) is 0 Å². The Bertz CT molecular complexity index is 141. The predicted molar refractivity (Wildman–Crippen MR) is 59.3 cm³/mol. The van der Waals surface area contributed by atoms with E-state index in [9.17, 15) is 9.90 Å². The number of carbonyl (C=O) groups excluding carboxylic acids is 1. The number of unbranched alkanes of at least 4 members (excludes halogenated alkanes) is 5. The van der Waals surface area contributed by atoms with Crippen LogP contribution in [0.2, 0.25) is 0 Å². The molecule has 0 aromatic heterocycles. The Balaban J connectivity index is 3.30. The molecule has 0 aliphatic carbocycles. The summed E-state index contributed by atoms with van der Waals surface area (Å²) >= 11 is 0. The maximum atomic E-state index is 10.2. The number of aliphatic hydroxyl groups is 1.